The fourth-order valence-corrected chi connectivity index (χ4v) is 2.49. The van der Waals surface area contributed by atoms with Gasteiger partial charge in [-0.1, -0.05) is 18.2 Å². The predicted molar refractivity (Wildman–Crippen MR) is 105 cm³/mol. The first kappa shape index (κ1) is 21.0. The maximum Gasteiger partial charge on any atom is 0.338 e. The van der Waals surface area contributed by atoms with Crippen molar-refractivity contribution in [2.45, 2.75) is 13.8 Å². The number of esters is 1. The van der Waals surface area contributed by atoms with Crippen LogP contribution in [0.3, 0.4) is 0 Å². The topological polar surface area (TPSA) is 84.9 Å². The number of aryl methyl sites for hydroxylation is 1. The van der Waals surface area contributed by atoms with Crippen molar-refractivity contribution < 1.29 is 23.9 Å². The van der Waals surface area contributed by atoms with Gasteiger partial charge in [-0.25, -0.2) is 4.79 Å². The molecule has 0 saturated carbocycles. The van der Waals surface area contributed by atoms with Gasteiger partial charge in [0.15, 0.2) is 6.61 Å². The van der Waals surface area contributed by atoms with E-state index >= 15 is 0 Å². The van der Waals surface area contributed by atoms with Gasteiger partial charge in [0, 0.05) is 18.8 Å². The van der Waals surface area contributed by atoms with Crippen LogP contribution in [0.15, 0.2) is 42.5 Å². The Bertz CT molecular complexity index is 879. The smallest absolute Gasteiger partial charge is 0.338 e. The molecule has 2 rings (SSSR count). The maximum atomic E-state index is 12.2. The molecule has 2 aromatic carbocycles. The molecule has 7 heteroatoms. The molecule has 148 valence electrons. The molecule has 0 aliphatic rings. The Morgan fingerprint density at radius 2 is 1.79 bits per heavy atom. The number of nitrogens with zero attached hydrogens (tertiary/aromatic N) is 1. The molecule has 2 amide bonds. The molecule has 0 aliphatic heterocycles. The van der Waals surface area contributed by atoms with Gasteiger partial charge in [0.1, 0.15) is 5.75 Å². The first-order chi connectivity index (χ1) is 13.3. The van der Waals surface area contributed by atoms with Crippen LogP contribution in [-0.4, -0.2) is 50.0 Å². The van der Waals surface area contributed by atoms with Crippen LogP contribution in [0.1, 0.15) is 21.5 Å². The van der Waals surface area contributed by atoms with Crippen molar-refractivity contribution >= 4 is 23.5 Å². The highest BCUT2D eigenvalue weighted by Gasteiger charge is 2.17. The zero-order valence-electron chi connectivity index (χ0n) is 16.4. The molecule has 0 radical (unpaired) electrons. The van der Waals surface area contributed by atoms with Crippen molar-refractivity contribution in [3.05, 3.63) is 59.2 Å². The Morgan fingerprint density at radius 3 is 2.50 bits per heavy atom. The minimum Gasteiger partial charge on any atom is -0.497 e. The summed E-state index contributed by atoms with van der Waals surface area (Å²) in [4.78, 5) is 37.7. The van der Waals surface area contributed by atoms with E-state index in [9.17, 15) is 14.4 Å². The Hall–Kier alpha value is -3.35. The van der Waals surface area contributed by atoms with Crippen molar-refractivity contribution in [2.75, 3.05) is 32.6 Å². The molecule has 28 heavy (non-hydrogen) atoms. The van der Waals surface area contributed by atoms with E-state index in [-0.39, 0.29) is 12.5 Å². The summed E-state index contributed by atoms with van der Waals surface area (Å²) in [5.74, 6) is -0.797. The van der Waals surface area contributed by atoms with Gasteiger partial charge in [-0.15, -0.1) is 0 Å². The number of hydrogen-bond acceptors (Lipinski definition) is 5. The van der Waals surface area contributed by atoms with Crippen LogP contribution in [0.4, 0.5) is 5.69 Å². The third-order valence-corrected chi connectivity index (χ3v) is 4.31. The van der Waals surface area contributed by atoms with E-state index in [1.807, 2.05) is 19.9 Å². The van der Waals surface area contributed by atoms with Crippen molar-refractivity contribution in [3.8, 4) is 5.75 Å². The van der Waals surface area contributed by atoms with Crippen molar-refractivity contribution in [2.24, 2.45) is 0 Å². The monoisotopic (exact) mass is 384 g/mol. The van der Waals surface area contributed by atoms with E-state index in [2.05, 4.69) is 5.32 Å². The van der Waals surface area contributed by atoms with Crippen LogP contribution < -0.4 is 10.1 Å². The fraction of sp³-hybridized carbons (Fsp3) is 0.286. The Kier molecular flexibility index (Phi) is 7.14. The van der Waals surface area contributed by atoms with Crippen LogP contribution in [0, 0.1) is 13.8 Å². The van der Waals surface area contributed by atoms with E-state index in [1.165, 1.54) is 19.1 Å². The first-order valence-electron chi connectivity index (χ1n) is 8.73. The standard InChI is InChI=1S/C21H24N2O5/c1-14-7-5-10-18(15(14)2)21(26)28-13-20(25)23(3)12-19(24)22-16-8-6-9-17(11-16)27-4/h5-11H,12-13H2,1-4H3,(H,22,24). The highest BCUT2D eigenvalue weighted by molar-refractivity contribution is 5.96. The third-order valence-electron chi connectivity index (χ3n) is 4.31. The lowest BCUT2D eigenvalue weighted by atomic mass is 10.0. The Balaban J connectivity index is 1.85. The summed E-state index contributed by atoms with van der Waals surface area (Å²) in [5, 5.41) is 2.69. The van der Waals surface area contributed by atoms with Gasteiger partial charge in [-0.3, -0.25) is 9.59 Å². The highest BCUT2D eigenvalue weighted by Crippen LogP contribution is 2.16. The number of carbonyl (C=O) groups is 3. The Labute approximate surface area is 164 Å². The second-order valence-corrected chi connectivity index (χ2v) is 6.35. The quantitative estimate of drug-likeness (QED) is 0.742. The molecule has 0 bridgehead atoms. The first-order valence-corrected chi connectivity index (χ1v) is 8.73. The zero-order chi connectivity index (χ0) is 20.7. The van der Waals surface area contributed by atoms with Gasteiger partial charge in [-0.2, -0.15) is 0 Å². The van der Waals surface area contributed by atoms with Gasteiger partial charge < -0.3 is 19.7 Å². The average molecular weight is 384 g/mol. The van der Waals surface area contributed by atoms with Gasteiger partial charge in [0.25, 0.3) is 5.91 Å². The highest BCUT2D eigenvalue weighted by atomic mass is 16.5. The van der Waals surface area contributed by atoms with Crippen LogP contribution in [0.5, 0.6) is 5.75 Å². The SMILES string of the molecule is COc1cccc(NC(=O)CN(C)C(=O)COC(=O)c2cccc(C)c2C)c1. The summed E-state index contributed by atoms with van der Waals surface area (Å²) in [6, 6.07) is 12.2. The molecule has 0 fully saturated rings. The minimum atomic E-state index is -0.566. The normalized spacial score (nSPS) is 10.1. The largest absolute Gasteiger partial charge is 0.497 e. The average Bonchev–Trinajstić information content (AvgIpc) is 2.67. The van der Waals surface area contributed by atoms with Crippen LogP contribution in [0.2, 0.25) is 0 Å². The molecule has 0 unspecified atom stereocenters. The van der Waals surface area contributed by atoms with Gasteiger partial charge >= 0.3 is 5.97 Å². The molecule has 0 atom stereocenters. The number of amides is 2. The summed E-state index contributed by atoms with van der Waals surface area (Å²) < 4.78 is 10.2. The van der Waals surface area contributed by atoms with Crippen LogP contribution in [-0.2, 0) is 14.3 Å². The molecule has 0 saturated heterocycles. The van der Waals surface area contributed by atoms with Crippen molar-refractivity contribution in [1.29, 1.82) is 0 Å². The lowest BCUT2D eigenvalue weighted by Crippen LogP contribution is -2.37. The van der Waals surface area contributed by atoms with Crippen molar-refractivity contribution in [1.82, 2.24) is 4.90 Å². The summed E-state index contributed by atoms with van der Waals surface area (Å²) in [7, 11) is 3.01. The maximum absolute atomic E-state index is 12.2. The minimum absolute atomic E-state index is 0.170. The summed E-state index contributed by atoms with van der Waals surface area (Å²) in [5.41, 5.74) is 2.76. The summed E-state index contributed by atoms with van der Waals surface area (Å²) in [6.07, 6.45) is 0. The van der Waals surface area contributed by atoms with Crippen LogP contribution >= 0.6 is 0 Å². The van der Waals surface area contributed by atoms with Crippen LogP contribution in [0.25, 0.3) is 0 Å². The second kappa shape index (κ2) is 9.55. The van der Waals surface area contributed by atoms with Crippen molar-refractivity contribution in [3.63, 3.8) is 0 Å². The number of anilines is 1. The number of benzene rings is 2. The van der Waals surface area contributed by atoms with Gasteiger partial charge in [0.2, 0.25) is 5.91 Å². The van der Waals surface area contributed by atoms with Gasteiger partial charge in [0.05, 0.1) is 19.2 Å². The van der Waals surface area contributed by atoms with E-state index in [4.69, 9.17) is 9.47 Å². The zero-order valence-corrected chi connectivity index (χ0v) is 16.4. The number of nitrogens with one attached hydrogen (secondary N) is 1. The predicted octanol–water partition coefficient (Wildman–Crippen LogP) is 2.57. The molecule has 2 aromatic rings. The van der Waals surface area contributed by atoms with E-state index in [1.54, 1.807) is 36.4 Å². The summed E-state index contributed by atoms with van der Waals surface area (Å²) in [6.45, 7) is 3.11. The molecule has 0 aromatic heterocycles. The number of methoxy groups -OCH3 is 1. The van der Waals surface area contributed by atoms with E-state index < -0.39 is 18.5 Å². The van der Waals surface area contributed by atoms with E-state index in [0.29, 0.717) is 17.0 Å². The molecule has 1 N–H and O–H groups in total. The molecule has 7 nitrogen and oxygen atoms in total. The lowest BCUT2D eigenvalue weighted by Gasteiger charge is -2.17. The number of rotatable bonds is 7. The molecule has 0 spiro atoms. The molecular formula is C21H24N2O5. The second-order valence-electron chi connectivity index (χ2n) is 6.35. The number of hydrogen-bond donors (Lipinski definition) is 1. The third kappa shape index (κ3) is 5.57. The fourth-order valence-electron chi connectivity index (χ4n) is 2.49. The van der Waals surface area contributed by atoms with Gasteiger partial charge in [-0.05, 0) is 43.2 Å². The molecule has 0 heterocycles. The molecular weight excluding hydrogens is 360 g/mol. The number of carbonyl (C=O) groups excluding carboxylic acids is 3. The Morgan fingerprint density at radius 1 is 1.07 bits per heavy atom. The number of likely N-dealkylation sites (N-methyl/N-ethyl adjacent to an activating group) is 1. The number of ether oxygens (including phenoxy) is 2. The summed E-state index contributed by atoms with van der Waals surface area (Å²) >= 11 is 0. The van der Waals surface area contributed by atoms with E-state index in [0.717, 1.165) is 11.1 Å². The lowest BCUT2D eigenvalue weighted by molar-refractivity contribution is -0.136. The molecule has 0 aliphatic carbocycles.